The Morgan fingerprint density at radius 1 is 1.25 bits per heavy atom. The van der Waals surface area contributed by atoms with Crippen molar-refractivity contribution in [3.05, 3.63) is 35.4 Å². The van der Waals surface area contributed by atoms with Gasteiger partial charge in [-0.2, -0.15) is 0 Å². The van der Waals surface area contributed by atoms with Crippen molar-refractivity contribution < 1.29 is 19.1 Å². The van der Waals surface area contributed by atoms with Crippen LogP contribution < -0.4 is 5.32 Å². The van der Waals surface area contributed by atoms with E-state index in [-0.39, 0.29) is 18.4 Å². The molecule has 2 amide bonds. The van der Waals surface area contributed by atoms with Crippen molar-refractivity contribution in [3.63, 3.8) is 0 Å². The van der Waals surface area contributed by atoms with Gasteiger partial charge in [-0.1, -0.05) is 19.1 Å². The van der Waals surface area contributed by atoms with Gasteiger partial charge in [-0.05, 0) is 36.5 Å². The fraction of sp³-hybridized carbons (Fsp3) is 0.500. The summed E-state index contributed by atoms with van der Waals surface area (Å²) < 4.78 is 5.12. The highest BCUT2D eigenvalue weighted by atomic mass is 16.5. The van der Waals surface area contributed by atoms with Crippen LogP contribution >= 0.6 is 0 Å². The molecule has 1 aromatic rings. The number of carbonyl (C=O) groups is 3. The molecule has 1 fully saturated rings. The van der Waals surface area contributed by atoms with E-state index in [1.165, 1.54) is 6.92 Å². The number of nitrogens with zero attached hydrogens (tertiary/aromatic N) is 1. The average molecular weight is 332 g/mol. The first-order chi connectivity index (χ1) is 11.5. The monoisotopic (exact) mass is 332 g/mol. The fourth-order valence-corrected chi connectivity index (χ4v) is 2.70. The zero-order chi connectivity index (χ0) is 17.5. The number of nitrogens with one attached hydrogen (secondary N) is 1. The molecule has 1 unspecified atom stereocenters. The van der Waals surface area contributed by atoms with E-state index in [9.17, 15) is 14.4 Å². The lowest BCUT2D eigenvalue weighted by atomic mass is 10.0. The van der Waals surface area contributed by atoms with Gasteiger partial charge in [0.25, 0.3) is 5.91 Å². The predicted octanol–water partition coefficient (Wildman–Crippen LogP) is 1.74. The van der Waals surface area contributed by atoms with E-state index in [2.05, 4.69) is 12.2 Å². The summed E-state index contributed by atoms with van der Waals surface area (Å²) in [6.45, 7) is 5.22. The summed E-state index contributed by atoms with van der Waals surface area (Å²) in [4.78, 5) is 36.7. The third-order valence-electron chi connectivity index (χ3n) is 4.07. The molecule has 6 heteroatoms. The summed E-state index contributed by atoms with van der Waals surface area (Å²) in [5.41, 5.74) is 1.28. The molecule has 0 spiro atoms. The van der Waals surface area contributed by atoms with E-state index in [0.717, 1.165) is 31.5 Å². The van der Waals surface area contributed by atoms with Crippen molar-refractivity contribution in [3.8, 4) is 0 Å². The summed E-state index contributed by atoms with van der Waals surface area (Å²) in [5.74, 6) is -0.268. The highest BCUT2D eigenvalue weighted by Crippen LogP contribution is 2.15. The zero-order valence-electron chi connectivity index (χ0n) is 14.2. The van der Waals surface area contributed by atoms with Crippen LogP contribution in [0.2, 0.25) is 0 Å². The Bertz CT molecular complexity index is 598. The molecule has 1 aliphatic heterocycles. The first kappa shape index (κ1) is 18.0. The SMILES string of the molecule is CC(=O)NCc1ccc(C(=O)OCC(=O)N2CCCC(C)C2)cc1. The molecule has 0 radical (unpaired) electrons. The fourth-order valence-electron chi connectivity index (χ4n) is 2.70. The maximum absolute atomic E-state index is 12.1. The summed E-state index contributed by atoms with van der Waals surface area (Å²) in [6.07, 6.45) is 2.13. The third kappa shape index (κ3) is 5.37. The predicted molar refractivity (Wildman–Crippen MR) is 89.2 cm³/mol. The van der Waals surface area contributed by atoms with Gasteiger partial charge in [0, 0.05) is 26.6 Å². The van der Waals surface area contributed by atoms with Crippen LogP contribution in [0.4, 0.5) is 0 Å². The third-order valence-corrected chi connectivity index (χ3v) is 4.07. The van der Waals surface area contributed by atoms with Gasteiger partial charge in [-0.3, -0.25) is 9.59 Å². The van der Waals surface area contributed by atoms with Gasteiger partial charge in [0.05, 0.1) is 5.56 Å². The number of carbonyl (C=O) groups excluding carboxylic acids is 3. The van der Waals surface area contributed by atoms with Crippen LogP contribution in [0.3, 0.4) is 0 Å². The van der Waals surface area contributed by atoms with Crippen molar-refractivity contribution in [2.75, 3.05) is 19.7 Å². The van der Waals surface area contributed by atoms with Gasteiger partial charge in [-0.15, -0.1) is 0 Å². The molecule has 130 valence electrons. The lowest BCUT2D eigenvalue weighted by Crippen LogP contribution is -2.41. The Morgan fingerprint density at radius 2 is 1.96 bits per heavy atom. The van der Waals surface area contributed by atoms with Crippen LogP contribution in [0, 0.1) is 5.92 Å². The molecule has 1 N–H and O–H groups in total. The van der Waals surface area contributed by atoms with Crippen LogP contribution in [-0.2, 0) is 20.9 Å². The van der Waals surface area contributed by atoms with Gasteiger partial charge in [0.2, 0.25) is 5.91 Å². The Hall–Kier alpha value is -2.37. The largest absolute Gasteiger partial charge is 0.452 e. The van der Waals surface area contributed by atoms with Crippen LogP contribution in [0.5, 0.6) is 0 Å². The first-order valence-corrected chi connectivity index (χ1v) is 8.24. The number of likely N-dealkylation sites (tertiary alicyclic amines) is 1. The highest BCUT2D eigenvalue weighted by Gasteiger charge is 2.22. The van der Waals surface area contributed by atoms with Gasteiger partial charge in [0.1, 0.15) is 0 Å². The van der Waals surface area contributed by atoms with Gasteiger partial charge in [-0.25, -0.2) is 4.79 Å². The van der Waals surface area contributed by atoms with Gasteiger partial charge < -0.3 is 15.0 Å². The maximum atomic E-state index is 12.1. The molecule has 1 aromatic carbocycles. The minimum absolute atomic E-state index is 0.107. The molecule has 0 saturated carbocycles. The molecule has 1 saturated heterocycles. The van der Waals surface area contributed by atoms with Crippen LogP contribution in [-0.4, -0.2) is 42.4 Å². The van der Waals surface area contributed by atoms with Gasteiger partial charge in [0.15, 0.2) is 6.61 Å². The van der Waals surface area contributed by atoms with E-state index < -0.39 is 5.97 Å². The Balaban J connectivity index is 1.81. The van der Waals surface area contributed by atoms with E-state index in [1.54, 1.807) is 29.2 Å². The molecule has 2 rings (SSSR count). The molecular formula is C18H24N2O4. The van der Waals surface area contributed by atoms with E-state index in [0.29, 0.717) is 18.0 Å². The second kappa shape index (κ2) is 8.47. The van der Waals surface area contributed by atoms with Gasteiger partial charge >= 0.3 is 5.97 Å². The standard InChI is InChI=1S/C18H24N2O4/c1-13-4-3-9-20(11-13)17(22)12-24-18(23)16-7-5-15(6-8-16)10-19-14(2)21/h5-8,13H,3-4,9-12H2,1-2H3,(H,19,21). The first-order valence-electron chi connectivity index (χ1n) is 8.24. The quantitative estimate of drug-likeness (QED) is 0.833. The minimum Gasteiger partial charge on any atom is -0.452 e. The minimum atomic E-state index is -0.514. The average Bonchev–Trinajstić information content (AvgIpc) is 2.58. The second-order valence-corrected chi connectivity index (χ2v) is 6.27. The number of rotatable bonds is 5. The Morgan fingerprint density at radius 3 is 2.58 bits per heavy atom. The highest BCUT2D eigenvalue weighted by molar-refractivity contribution is 5.91. The van der Waals surface area contributed by atoms with Crippen molar-refractivity contribution in [1.82, 2.24) is 10.2 Å². The Labute approximate surface area is 142 Å². The molecule has 0 aliphatic carbocycles. The van der Waals surface area contributed by atoms with Crippen molar-refractivity contribution in [2.24, 2.45) is 5.92 Å². The summed E-state index contributed by atoms with van der Waals surface area (Å²) in [7, 11) is 0. The zero-order valence-corrected chi connectivity index (χ0v) is 14.2. The molecule has 0 aromatic heterocycles. The number of piperidine rings is 1. The lowest BCUT2D eigenvalue weighted by molar-refractivity contribution is -0.136. The van der Waals surface area contributed by atoms with Crippen LogP contribution in [0.25, 0.3) is 0 Å². The summed E-state index contributed by atoms with van der Waals surface area (Å²) in [6, 6.07) is 6.77. The van der Waals surface area contributed by atoms with Crippen molar-refractivity contribution >= 4 is 17.8 Å². The van der Waals surface area contributed by atoms with Crippen LogP contribution in [0.1, 0.15) is 42.6 Å². The number of esters is 1. The second-order valence-electron chi connectivity index (χ2n) is 6.27. The number of amides is 2. The molecular weight excluding hydrogens is 308 g/mol. The molecule has 1 aliphatic rings. The molecule has 1 heterocycles. The smallest absolute Gasteiger partial charge is 0.338 e. The normalized spacial score (nSPS) is 17.2. The number of benzene rings is 1. The van der Waals surface area contributed by atoms with E-state index >= 15 is 0 Å². The van der Waals surface area contributed by atoms with Crippen molar-refractivity contribution in [1.29, 1.82) is 0 Å². The maximum Gasteiger partial charge on any atom is 0.338 e. The lowest BCUT2D eigenvalue weighted by Gasteiger charge is -2.30. The molecule has 0 bridgehead atoms. The van der Waals surface area contributed by atoms with Crippen molar-refractivity contribution in [2.45, 2.75) is 33.2 Å². The number of hydrogen-bond donors (Lipinski definition) is 1. The molecule has 6 nitrogen and oxygen atoms in total. The molecule has 24 heavy (non-hydrogen) atoms. The summed E-state index contributed by atoms with van der Waals surface area (Å²) in [5, 5.41) is 2.69. The van der Waals surface area contributed by atoms with Crippen LogP contribution in [0.15, 0.2) is 24.3 Å². The van der Waals surface area contributed by atoms with E-state index in [1.807, 2.05) is 0 Å². The number of hydrogen-bond acceptors (Lipinski definition) is 4. The summed E-state index contributed by atoms with van der Waals surface area (Å²) >= 11 is 0. The topological polar surface area (TPSA) is 75.7 Å². The Kier molecular flexibility index (Phi) is 6.35. The number of ether oxygens (including phenoxy) is 1. The molecule has 1 atom stereocenters. The van der Waals surface area contributed by atoms with E-state index in [4.69, 9.17) is 4.74 Å².